The summed E-state index contributed by atoms with van der Waals surface area (Å²) in [6, 6.07) is 0.196. The topological polar surface area (TPSA) is 65.1 Å². The molecule has 0 aromatic carbocycles. The molecule has 2 rings (SSSR count). The molecule has 1 unspecified atom stereocenters. The fraction of sp³-hybridized carbons (Fsp3) is 0.769. The lowest BCUT2D eigenvalue weighted by Crippen LogP contribution is -2.53. The lowest BCUT2D eigenvalue weighted by atomic mass is 9.89. The highest BCUT2D eigenvalue weighted by Crippen LogP contribution is 2.36. The zero-order valence-corrected chi connectivity index (χ0v) is 11.4. The third kappa shape index (κ3) is 2.58. The van der Waals surface area contributed by atoms with Crippen molar-refractivity contribution in [3.8, 4) is 0 Å². The fourth-order valence-corrected chi connectivity index (χ4v) is 3.08. The van der Waals surface area contributed by atoms with Crippen molar-refractivity contribution in [2.75, 3.05) is 7.11 Å². The number of nitrogens with one attached hydrogen (secondary N) is 1. The molecule has 0 bridgehead atoms. The highest BCUT2D eigenvalue weighted by molar-refractivity contribution is 4.99. The molecule has 1 aliphatic rings. The van der Waals surface area contributed by atoms with Crippen molar-refractivity contribution in [2.24, 2.45) is 12.9 Å². The van der Waals surface area contributed by atoms with Crippen molar-refractivity contribution in [1.82, 2.24) is 15.0 Å². The average molecular weight is 252 g/mol. The van der Waals surface area contributed by atoms with Gasteiger partial charge in [0.15, 0.2) is 0 Å². The number of hydrogen-bond donors (Lipinski definition) is 2. The van der Waals surface area contributed by atoms with Crippen LogP contribution in [0.2, 0.25) is 0 Å². The van der Waals surface area contributed by atoms with Crippen molar-refractivity contribution in [2.45, 2.75) is 50.2 Å². The molecule has 0 saturated heterocycles. The Balaban J connectivity index is 1.98. The number of aryl methyl sites for hydroxylation is 2. The van der Waals surface area contributed by atoms with E-state index in [1.165, 1.54) is 12.8 Å². The minimum atomic E-state index is -0.0834. The Kier molecular flexibility index (Phi) is 4.37. The molecule has 3 N–H and O–H groups in total. The maximum absolute atomic E-state index is 5.78. The van der Waals surface area contributed by atoms with Crippen LogP contribution in [-0.2, 0) is 18.2 Å². The van der Waals surface area contributed by atoms with Crippen LogP contribution in [0.1, 0.15) is 37.9 Å². The number of nitrogens with two attached hydrogens (primary N) is 1. The summed E-state index contributed by atoms with van der Waals surface area (Å²) < 4.78 is 7.84. The van der Waals surface area contributed by atoms with Crippen molar-refractivity contribution in [1.29, 1.82) is 0 Å². The molecule has 1 aliphatic carbocycles. The van der Waals surface area contributed by atoms with Gasteiger partial charge in [-0.05, 0) is 19.3 Å². The predicted octanol–water partition coefficient (Wildman–Crippen LogP) is 1.14. The summed E-state index contributed by atoms with van der Waals surface area (Å²) in [6.07, 6.45) is 10.3. The van der Waals surface area contributed by atoms with E-state index < -0.39 is 0 Å². The van der Waals surface area contributed by atoms with Gasteiger partial charge >= 0.3 is 0 Å². The number of nitrogens with zero attached hydrogens (tertiary/aromatic N) is 2. The van der Waals surface area contributed by atoms with Crippen LogP contribution in [0, 0.1) is 0 Å². The Morgan fingerprint density at radius 1 is 1.56 bits per heavy atom. The van der Waals surface area contributed by atoms with E-state index in [2.05, 4.69) is 15.0 Å². The third-order valence-electron chi connectivity index (χ3n) is 4.27. The summed E-state index contributed by atoms with van der Waals surface area (Å²) in [4.78, 5) is 4.35. The summed E-state index contributed by atoms with van der Waals surface area (Å²) in [7, 11) is 3.82. The third-order valence-corrected chi connectivity index (χ3v) is 4.27. The van der Waals surface area contributed by atoms with Crippen molar-refractivity contribution in [3.05, 3.63) is 18.2 Å². The van der Waals surface area contributed by atoms with Crippen LogP contribution >= 0.6 is 0 Å². The van der Waals surface area contributed by atoms with Crippen LogP contribution in [0.25, 0.3) is 0 Å². The summed E-state index contributed by atoms with van der Waals surface area (Å²) >= 11 is 0. The molecule has 0 spiro atoms. The number of imidazole rings is 1. The van der Waals surface area contributed by atoms with Crippen LogP contribution in [0.4, 0.5) is 0 Å². The molecule has 102 valence electrons. The van der Waals surface area contributed by atoms with Gasteiger partial charge in [-0.3, -0.25) is 11.3 Å². The van der Waals surface area contributed by atoms with Crippen molar-refractivity contribution < 1.29 is 4.74 Å². The number of methoxy groups -OCH3 is 1. The molecule has 5 heteroatoms. The molecule has 1 aromatic rings. The molecule has 1 heterocycles. The lowest BCUT2D eigenvalue weighted by molar-refractivity contribution is -0.0378. The monoisotopic (exact) mass is 252 g/mol. The molecule has 1 aromatic heterocycles. The van der Waals surface area contributed by atoms with Gasteiger partial charge in [-0.1, -0.05) is 12.8 Å². The first-order chi connectivity index (χ1) is 8.72. The first kappa shape index (κ1) is 13.5. The molecule has 18 heavy (non-hydrogen) atoms. The zero-order valence-electron chi connectivity index (χ0n) is 11.4. The summed E-state index contributed by atoms with van der Waals surface area (Å²) in [6.45, 7) is 0. The SMILES string of the molecule is COC1(C(CCc2nccn2C)NN)CCCC1. The van der Waals surface area contributed by atoms with Gasteiger partial charge < -0.3 is 9.30 Å². The van der Waals surface area contributed by atoms with Crippen LogP contribution in [0.3, 0.4) is 0 Å². The van der Waals surface area contributed by atoms with Gasteiger partial charge in [0.25, 0.3) is 0 Å². The van der Waals surface area contributed by atoms with Crippen molar-refractivity contribution >= 4 is 0 Å². The molecule has 0 aliphatic heterocycles. The Morgan fingerprint density at radius 3 is 2.78 bits per heavy atom. The van der Waals surface area contributed by atoms with Crippen LogP contribution in [0.5, 0.6) is 0 Å². The largest absolute Gasteiger partial charge is 0.377 e. The summed E-state index contributed by atoms with van der Waals surface area (Å²) in [5.74, 6) is 6.83. The second-order valence-electron chi connectivity index (χ2n) is 5.19. The molecule has 1 fully saturated rings. The molecule has 0 amide bonds. The van der Waals surface area contributed by atoms with Crippen LogP contribution in [0.15, 0.2) is 12.4 Å². The van der Waals surface area contributed by atoms with E-state index in [4.69, 9.17) is 10.6 Å². The quantitative estimate of drug-likeness (QED) is 0.589. The van der Waals surface area contributed by atoms with Crippen LogP contribution in [-0.4, -0.2) is 28.3 Å². The zero-order chi connectivity index (χ0) is 13.0. The normalized spacial score (nSPS) is 20.2. The highest BCUT2D eigenvalue weighted by atomic mass is 16.5. The number of ether oxygens (including phenoxy) is 1. The van der Waals surface area contributed by atoms with E-state index >= 15 is 0 Å². The Morgan fingerprint density at radius 2 is 2.28 bits per heavy atom. The maximum atomic E-state index is 5.78. The van der Waals surface area contributed by atoms with Gasteiger partial charge in [-0.25, -0.2) is 4.98 Å². The second-order valence-corrected chi connectivity index (χ2v) is 5.19. The minimum absolute atomic E-state index is 0.0834. The molecule has 5 nitrogen and oxygen atoms in total. The van der Waals surface area contributed by atoms with Crippen LogP contribution < -0.4 is 11.3 Å². The van der Waals surface area contributed by atoms with Gasteiger partial charge in [-0.15, -0.1) is 0 Å². The Bertz CT molecular complexity index is 371. The Hall–Kier alpha value is -0.910. The summed E-state index contributed by atoms with van der Waals surface area (Å²) in [5.41, 5.74) is 2.87. The van der Waals surface area contributed by atoms with Gasteiger partial charge in [0.1, 0.15) is 5.82 Å². The lowest BCUT2D eigenvalue weighted by Gasteiger charge is -2.36. The maximum Gasteiger partial charge on any atom is 0.108 e. The van der Waals surface area contributed by atoms with E-state index in [9.17, 15) is 0 Å². The highest BCUT2D eigenvalue weighted by Gasteiger charge is 2.40. The average Bonchev–Trinajstić information content (AvgIpc) is 3.01. The standard InChI is InChI=1S/C13H24N4O/c1-17-10-9-15-12(17)6-5-11(16-14)13(18-2)7-3-4-8-13/h9-11,16H,3-8,14H2,1-2H3. The van der Waals surface area contributed by atoms with E-state index in [0.717, 1.165) is 31.5 Å². The smallest absolute Gasteiger partial charge is 0.108 e. The number of rotatable bonds is 6. The second kappa shape index (κ2) is 5.82. The molecule has 1 atom stereocenters. The molecular weight excluding hydrogens is 228 g/mol. The van der Waals surface area contributed by atoms with Gasteiger partial charge in [0.2, 0.25) is 0 Å². The molecule has 1 saturated carbocycles. The number of hydrogen-bond acceptors (Lipinski definition) is 4. The van der Waals surface area contributed by atoms with Gasteiger partial charge in [-0.2, -0.15) is 0 Å². The minimum Gasteiger partial charge on any atom is -0.377 e. The van der Waals surface area contributed by atoms with E-state index in [0.29, 0.717) is 0 Å². The Labute approximate surface area is 109 Å². The molecular formula is C13H24N4O. The summed E-state index contributed by atoms with van der Waals surface area (Å²) in [5, 5.41) is 0. The van der Waals surface area contributed by atoms with E-state index in [1.54, 1.807) is 7.11 Å². The van der Waals surface area contributed by atoms with E-state index in [1.807, 2.05) is 19.4 Å². The number of hydrazine groups is 1. The van der Waals surface area contributed by atoms with E-state index in [-0.39, 0.29) is 11.6 Å². The first-order valence-corrected chi connectivity index (χ1v) is 6.69. The van der Waals surface area contributed by atoms with Gasteiger partial charge in [0, 0.05) is 33.0 Å². The van der Waals surface area contributed by atoms with Crippen molar-refractivity contribution in [3.63, 3.8) is 0 Å². The first-order valence-electron chi connectivity index (χ1n) is 6.69. The fourth-order valence-electron chi connectivity index (χ4n) is 3.08. The number of aromatic nitrogens is 2. The predicted molar refractivity (Wildman–Crippen MR) is 70.8 cm³/mol. The van der Waals surface area contributed by atoms with Gasteiger partial charge in [0.05, 0.1) is 11.6 Å². The molecule has 0 radical (unpaired) electrons.